The van der Waals surface area contributed by atoms with Gasteiger partial charge in [-0.25, -0.2) is 0 Å². The minimum atomic E-state index is 1.00. The lowest BCUT2D eigenvalue weighted by Crippen LogP contribution is -2.34. The Labute approximate surface area is 77.1 Å². The fourth-order valence-electron chi connectivity index (χ4n) is 1.18. The standard InChI is InChI=1S/C6H16N.C4H8O/c1-5-6-7(2,3)4;1-2-4-5-3-1/h5-6H2,1-4H3;1-4H2/q+1;. The van der Waals surface area contributed by atoms with Crippen LogP contribution in [-0.2, 0) is 4.74 Å². The Morgan fingerprint density at radius 1 is 1.08 bits per heavy atom. The minimum Gasteiger partial charge on any atom is -0.381 e. The van der Waals surface area contributed by atoms with Gasteiger partial charge >= 0.3 is 0 Å². The highest BCUT2D eigenvalue weighted by Crippen LogP contribution is 1.98. The van der Waals surface area contributed by atoms with Gasteiger partial charge < -0.3 is 9.22 Å². The third-order valence-electron chi connectivity index (χ3n) is 1.72. The van der Waals surface area contributed by atoms with Gasteiger partial charge in [-0.15, -0.1) is 0 Å². The first kappa shape index (κ1) is 11.9. The lowest BCUT2D eigenvalue weighted by Gasteiger charge is -2.22. The second kappa shape index (κ2) is 6.44. The molecule has 1 rings (SSSR count). The van der Waals surface area contributed by atoms with Crippen LogP contribution in [0.1, 0.15) is 26.2 Å². The van der Waals surface area contributed by atoms with E-state index in [0.29, 0.717) is 0 Å². The van der Waals surface area contributed by atoms with Gasteiger partial charge in [0, 0.05) is 13.2 Å². The number of quaternary nitrogens is 1. The largest absolute Gasteiger partial charge is 0.381 e. The average Bonchev–Trinajstić information content (AvgIpc) is 2.38. The predicted octanol–water partition coefficient (Wildman–Crippen LogP) is 1.90. The quantitative estimate of drug-likeness (QED) is 0.581. The first-order valence-electron chi connectivity index (χ1n) is 4.94. The van der Waals surface area contributed by atoms with Crippen molar-refractivity contribution in [2.45, 2.75) is 26.2 Å². The van der Waals surface area contributed by atoms with Gasteiger partial charge in [0.1, 0.15) is 0 Å². The summed E-state index contributed by atoms with van der Waals surface area (Å²) < 4.78 is 6.04. The monoisotopic (exact) mass is 174 g/mol. The molecule has 0 radical (unpaired) electrons. The zero-order chi connectivity index (χ0) is 9.45. The molecule has 0 atom stereocenters. The first-order chi connectivity index (χ1) is 5.56. The van der Waals surface area contributed by atoms with Crippen molar-refractivity contribution in [3.63, 3.8) is 0 Å². The summed E-state index contributed by atoms with van der Waals surface area (Å²) in [7, 11) is 6.64. The highest BCUT2D eigenvalue weighted by molar-refractivity contribution is 4.43. The molecule has 0 N–H and O–H groups in total. The van der Waals surface area contributed by atoms with Crippen molar-refractivity contribution in [3.05, 3.63) is 0 Å². The Bertz CT molecular complexity index is 84.9. The summed E-state index contributed by atoms with van der Waals surface area (Å²) >= 11 is 0. The van der Waals surface area contributed by atoms with Crippen LogP contribution in [-0.4, -0.2) is 45.4 Å². The third-order valence-corrected chi connectivity index (χ3v) is 1.72. The van der Waals surface area contributed by atoms with Crippen molar-refractivity contribution in [2.24, 2.45) is 0 Å². The third kappa shape index (κ3) is 9.92. The van der Waals surface area contributed by atoms with E-state index in [9.17, 15) is 0 Å². The fourth-order valence-corrected chi connectivity index (χ4v) is 1.18. The highest BCUT2D eigenvalue weighted by Gasteiger charge is 2.01. The summed E-state index contributed by atoms with van der Waals surface area (Å²) in [6.45, 7) is 5.49. The molecule has 1 fully saturated rings. The van der Waals surface area contributed by atoms with Crippen LogP contribution in [0.3, 0.4) is 0 Å². The zero-order valence-electron chi connectivity index (χ0n) is 9.10. The molecule has 1 aliphatic heterocycles. The van der Waals surface area contributed by atoms with Gasteiger partial charge in [0.25, 0.3) is 0 Å². The molecule has 2 heteroatoms. The van der Waals surface area contributed by atoms with E-state index in [2.05, 4.69) is 28.1 Å². The van der Waals surface area contributed by atoms with E-state index in [-0.39, 0.29) is 0 Å². The van der Waals surface area contributed by atoms with E-state index in [4.69, 9.17) is 4.74 Å². The van der Waals surface area contributed by atoms with Crippen molar-refractivity contribution in [1.29, 1.82) is 0 Å². The van der Waals surface area contributed by atoms with Gasteiger partial charge in [-0.1, -0.05) is 6.92 Å². The SMILES string of the molecule is C1CCOC1.CCC[N+](C)(C)C. The van der Waals surface area contributed by atoms with E-state index < -0.39 is 0 Å². The van der Waals surface area contributed by atoms with E-state index in [1.165, 1.54) is 25.8 Å². The Hall–Kier alpha value is -0.0800. The second-order valence-corrected chi connectivity index (χ2v) is 4.33. The highest BCUT2D eigenvalue weighted by atomic mass is 16.5. The maximum absolute atomic E-state index is 4.94. The Morgan fingerprint density at radius 2 is 1.58 bits per heavy atom. The topological polar surface area (TPSA) is 9.23 Å². The summed E-state index contributed by atoms with van der Waals surface area (Å²) in [5, 5.41) is 0. The van der Waals surface area contributed by atoms with Crippen LogP contribution in [0, 0.1) is 0 Å². The molecular weight excluding hydrogens is 150 g/mol. The lowest BCUT2D eigenvalue weighted by atomic mass is 10.4. The molecule has 12 heavy (non-hydrogen) atoms. The van der Waals surface area contributed by atoms with Gasteiger partial charge in [0.15, 0.2) is 0 Å². The summed E-state index contributed by atoms with van der Waals surface area (Å²) in [4.78, 5) is 0. The van der Waals surface area contributed by atoms with Crippen LogP contribution in [0.2, 0.25) is 0 Å². The molecule has 0 aliphatic carbocycles. The van der Waals surface area contributed by atoms with Crippen molar-refractivity contribution in [2.75, 3.05) is 40.9 Å². The van der Waals surface area contributed by atoms with Gasteiger partial charge in [-0.05, 0) is 19.3 Å². The molecule has 0 amide bonds. The predicted molar refractivity (Wildman–Crippen MR) is 53.2 cm³/mol. The molecule has 2 nitrogen and oxygen atoms in total. The number of rotatable bonds is 2. The smallest absolute Gasteiger partial charge is 0.0777 e. The average molecular weight is 174 g/mol. The van der Waals surface area contributed by atoms with Gasteiger partial charge in [-0.3, -0.25) is 0 Å². The Morgan fingerprint density at radius 3 is 1.67 bits per heavy atom. The minimum absolute atomic E-state index is 1.00. The van der Waals surface area contributed by atoms with E-state index in [1.54, 1.807) is 0 Å². The van der Waals surface area contributed by atoms with Crippen molar-refractivity contribution >= 4 is 0 Å². The molecule has 0 saturated carbocycles. The second-order valence-electron chi connectivity index (χ2n) is 4.33. The fraction of sp³-hybridized carbons (Fsp3) is 1.00. The van der Waals surface area contributed by atoms with Crippen LogP contribution in [0.25, 0.3) is 0 Å². The maximum Gasteiger partial charge on any atom is 0.0777 e. The van der Waals surface area contributed by atoms with Gasteiger partial charge in [0.05, 0.1) is 27.7 Å². The van der Waals surface area contributed by atoms with Crippen LogP contribution in [0.5, 0.6) is 0 Å². The molecule has 0 spiro atoms. The van der Waals surface area contributed by atoms with Crippen molar-refractivity contribution < 1.29 is 9.22 Å². The molecule has 1 aliphatic rings. The van der Waals surface area contributed by atoms with Gasteiger partial charge in [0.2, 0.25) is 0 Å². The first-order valence-corrected chi connectivity index (χ1v) is 4.94. The van der Waals surface area contributed by atoms with E-state index in [1.807, 2.05) is 0 Å². The molecule has 1 heterocycles. The maximum atomic E-state index is 4.94. The summed E-state index contributed by atoms with van der Waals surface area (Å²) in [5.41, 5.74) is 0. The molecule has 74 valence electrons. The van der Waals surface area contributed by atoms with Crippen LogP contribution in [0.15, 0.2) is 0 Å². The van der Waals surface area contributed by atoms with Crippen molar-refractivity contribution in [3.8, 4) is 0 Å². The molecule has 0 aromatic heterocycles. The van der Waals surface area contributed by atoms with E-state index in [0.717, 1.165) is 17.7 Å². The molecule has 0 bridgehead atoms. The number of ether oxygens (including phenoxy) is 1. The molecular formula is C10H24NO+. The molecule has 0 aromatic rings. The lowest BCUT2D eigenvalue weighted by molar-refractivity contribution is -0.870. The number of hydrogen-bond donors (Lipinski definition) is 0. The van der Waals surface area contributed by atoms with Gasteiger partial charge in [-0.2, -0.15) is 0 Å². The van der Waals surface area contributed by atoms with Crippen molar-refractivity contribution in [1.82, 2.24) is 0 Å². The van der Waals surface area contributed by atoms with E-state index >= 15 is 0 Å². The summed E-state index contributed by atoms with van der Waals surface area (Å²) in [6.07, 6.45) is 3.84. The number of nitrogens with zero attached hydrogens (tertiary/aromatic N) is 1. The van der Waals surface area contributed by atoms with Crippen LogP contribution >= 0.6 is 0 Å². The zero-order valence-corrected chi connectivity index (χ0v) is 9.10. The summed E-state index contributed by atoms with van der Waals surface area (Å²) in [6, 6.07) is 0. The molecule has 0 unspecified atom stereocenters. The molecule has 1 saturated heterocycles. The Balaban J connectivity index is 0.000000211. The molecule has 0 aromatic carbocycles. The van der Waals surface area contributed by atoms with Crippen LogP contribution in [0.4, 0.5) is 0 Å². The normalized spacial score (nSPS) is 17.0. The number of hydrogen-bond acceptors (Lipinski definition) is 1. The Kier molecular flexibility index (Phi) is 6.39. The summed E-state index contributed by atoms with van der Waals surface area (Å²) in [5.74, 6) is 0. The van der Waals surface area contributed by atoms with Crippen LogP contribution < -0.4 is 0 Å².